The molecule has 2 aromatic heterocycles. The van der Waals surface area contributed by atoms with Crippen molar-refractivity contribution in [1.82, 2.24) is 14.5 Å². The average molecular weight is 490 g/mol. The maximum absolute atomic E-state index is 14.6. The van der Waals surface area contributed by atoms with Crippen LogP contribution in [-0.4, -0.2) is 39.6 Å². The summed E-state index contributed by atoms with van der Waals surface area (Å²) < 4.78 is 16.7. The lowest BCUT2D eigenvalue weighted by Crippen LogP contribution is -2.50. The SMILES string of the molecule is Cc1ccc(N2CCC[C@H](N(Cc3cn(C4CC4)c4cc(N=[N+]=[N-])c(F)cc4c3=O)C(C)C)C2)cn1. The number of halogens is 1. The lowest BCUT2D eigenvalue weighted by atomic mass is 10.0. The number of rotatable bonds is 7. The molecule has 3 aromatic rings. The Labute approximate surface area is 210 Å². The van der Waals surface area contributed by atoms with Crippen molar-refractivity contribution in [2.75, 3.05) is 18.0 Å². The van der Waals surface area contributed by atoms with Crippen molar-refractivity contribution in [3.8, 4) is 0 Å². The van der Waals surface area contributed by atoms with Gasteiger partial charge in [-0.3, -0.25) is 14.7 Å². The summed E-state index contributed by atoms with van der Waals surface area (Å²) in [5.74, 6) is -0.674. The molecule has 0 radical (unpaired) electrons. The molecule has 1 atom stereocenters. The number of benzene rings is 1. The largest absolute Gasteiger partial charge is 0.369 e. The number of nitrogens with zero attached hydrogens (tertiary/aromatic N) is 7. The van der Waals surface area contributed by atoms with Gasteiger partial charge in [0.15, 0.2) is 5.43 Å². The Morgan fingerprint density at radius 1 is 1.28 bits per heavy atom. The highest BCUT2D eigenvalue weighted by Crippen LogP contribution is 2.38. The molecule has 5 rings (SSSR count). The van der Waals surface area contributed by atoms with E-state index in [1.807, 2.05) is 25.4 Å². The summed E-state index contributed by atoms with van der Waals surface area (Å²) >= 11 is 0. The summed E-state index contributed by atoms with van der Waals surface area (Å²) in [6.07, 6.45) is 8.04. The molecule has 1 saturated carbocycles. The molecule has 0 unspecified atom stereocenters. The predicted molar refractivity (Wildman–Crippen MR) is 140 cm³/mol. The summed E-state index contributed by atoms with van der Waals surface area (Å²) in [6, 6.07) is 7.71. The van der Waals surface area contributed by atoms with Crippen molar-refractivity contribution in [2.45, 2.75) is 71.1 Å². The second-order valence-corrected chi connectivity index (χ2v) is 10.3. The van der Waals surface area contributed by atoms with Crippen LogP contribution in [0.4, 0.5) is 15.8 Å². The van der Waals surface area contributed by atoms with E-state index in [0.29, 0.717) is 23.0 Å². The molecule has 0 bridgehead atoms. The van der Waals surface area contributed by atoms with E-state index in [9.17, 15) is 9.18 Å². The van der Waals surface area contributed by atoms with E-state index in [0.717, 1.165) is 50.2 Å². The zero-order chi connectivity index (χ0) is 25.4. The molecule has 36 heavy (non-hydrogen) atoms. The van der Waals surface area contributed by atoms with Crippen LogP contribution >= 0.6 is 0 Å². The number of hydrogen-bond donors (Lipinski definition) is 0. The van der Waals surface area contributed by atoms with Crippen LogP contribution in [0.15, 0.2) is 46.6 Å². The van der Waals surface area contributed by atoms with Gasteiger partial charge in [0.2, 0.25) is 0 Å². The third kappa shape index (κ3) is 4.81. The molecular formula is C27H32FN7O. The second-order valence-electron chi connectivity index (χ2n) is 10.3. The van der Waals surface area contributed by atoms with Crippen molar-refractivity contribution >= 4 is 22.3 Å². The lowest BCUT2D eigenvalue weighted by molar-refractivity contribution is 0.128. The van der Waals surface area contributed by atoms with E-state index in [-0.39, 0.29) is 29.2 Å². The van der Waals surface area contributed by atoms with Gasteiger partial charge in [0.25, 0.3) is 0 Å². The van der Waals surface area contributed by atoms with Crippen LogP contribution in [-0.2, 0) is 6.54 Å². The minimum absolute atomic E-state index is 0.0803. The van der Waals surface area contributed by atoms with Crippen LogP contribution < -0.4 is 10.3 Å². The van der Waals surface area contributed by atoms with Gasteiger partial charge >= 0.3 is 0 Å². The predicted octanol–water partition coefficient (Wildman–Crippen LogP) is 6.00. The van der Waals surface area contributed by atoms with E-state index < -0.39 is 5.82 Å². The van der Waals surface area contributed by atoms with Gasteiger partial charge in [-0.2, -0.15) is 0 Å². The van der Waals surface area contributed by atoms with E-state index in [1.54, 1.807) is 0 Å². The standard InChI is InChI=1S/C27H32FN7O/c1-17(2)34(22-5-4-10-33(16-22)21-7-6-18(3)30-13-21)14-19-15-35(20-8-9-20)26-12-25(31-32-29)24(28)11-23(26)27(19)36/h6-7,11-13,15,17,20,22H,4-5,8-10,14,16H2,1-3H3/t22-/m0/s1. The highest BCUT2D eigenvalue weighted by atomic mass is 19.1. The van der Waals surface area contributed by atoms with Gasteiger partial charge in [0, 0.05) is 65.5 Å². The number of anilines is 1. The van der Waals surface area contributed by atoms with Gasteiger partial charge < -0.3 is 9.47 Å². The summed E-state index contributed by atoms with van der Waals surface area (Å²) in [7, 11) is 0. The normalized spacial score (nSPS) is 18.2. The Morgan fingerprint density at radius 3 is 2.75 bits per heavy atom. The fourth-order valence-corrected chi connectivity index (χ4v) is 5.34. The van der Waals surface area contributed by atoms with Crippen molar-refractivity contribution in [3.63, 3.8) is 0 Å². The monoisotopic (exact) mass is 489 g/mol. The Hall–Kier alpha value is -3.42. The van der Waals surface area contributed by atoms with E-state index in [4.69, 9.17) is 5.53 Å². The minimum Gasteiger partial charge on any atom is -0.369 e. The first kappa shape index (κ1) is 24.3. The lowest BCUT2D eigenvalue weighted by Gasteiger charge is -2.42. The molecule has 9 heteroatoms. The van der Waals surface area contributed by atoms with Crippen molar-refractivity contribution in [2.24, 2.45) is 5.11 Å². The Balaban J connectivity index is 1.49. The number of aromatic nitrogens is 2. The number of fused-ring (bicyclic) bond motifs is 1. The first-order valence-electron chi connectivity index (χ1n) is 12.7. The van der Waals surface area contributed by atoms with Crippen molar-refractivity contribution in [3.05, 3.63) is 74.4 Å². The summed E-state index contributed by atoms with van der Waals surface area (Å²) in [4.78, 5) is 25.6. The summed E-state index contributed by atoms with van der Waals surface area (Å²) in [6.45, 7) is 8.69. The Kier molecular flexibility index (Phi) is 6.69. The molecule has 1 aliphatic heterocycles. The molecule has 8 nitrogen and oxygen atoms in total. The number of aryl methyl sites for hydroxylation is 1. The third-order valence-corrected chi connectivity index (χ3v) is 7.41. The summed E-state index contributed by atoms with van der Waals surface area (Å²) in [5.41, 5.74) is 12.0. The molecule has 2 fully saturated rings. The average Bonchev–Trinajstić information content (AvgIpc) is 3.70. The van der Waals surface area contributed by atoms with E-state index in [1.165, 1.54) is 12.1 Å². The second kappa shape index (κ2) is 9.91. The molecule has 0 amide bonds. The smallest absolute Gasteiger partial charge is 0.193 e. The number of pyridine rings is 2. The van der Waals surface area contributed by atoms with Crippen LogP contribution in [0.25, 0.3) is 21.3 Å². The van der Waals surface area contributed by atoms with E-state index in [2.05, 4.69) is 49.3 Å². The molecular weight excluding hydrogens is 457 g/mol. The first-order chi connectivity index (χ1) is 17.4. The van der Waals surface area contributed by atoms with Crippen LogP contribution in [0.3, 0.4) is 0 Å². The third-order valence-electron chi connectivity index (χ3n) is 7.41. The highest BCUT2D eigenvalue weighted by molar-refractivity contribution is 5.83. The van der Waals surface area contributed by atoms with Gasteiger partial charge in [-0.05, 0) is 76.3 Å². The molecule has 2 aliphatic rings. The Bertz CT molecular complexity index is 1370. The van der Waals surface area contributed by atoms with Crippen molar-refractivity contribution in [1.29, 1.82) is 0 Å². The van der Waals surface area contributed by atoms with Gasteiger partial charge in [0.1, 0.15) is 5.82 Å². The molecule has 0 N–H and O–H groups in total. The van der Waals surface area contributed by atoms with Crippen LogP contribution in [0, 0.1) is 12.7 Å². The zero-order valence-corrected chi connectivity index (χ0v) is 21.1. The molecule has 1 aliphatic carbocycles. The van der Waals surface area contributed by atoms with Crippen LogP contribution in [0.2, 0.25) is 0 Å². The number of piperidine rings is 1. The minimum atomic E-state index is -0.674. The van der Waals surface area contributed by atoms with Gasteiger partial charge in [0.05, 0.1) is 23.1 Å². The van der Waals surface area contributed by atoms with Crippen LogP contribution in [0.5, 0.6) is 0 Å². The fourth-order valence-electron chi connectivity index (χ4n) is 5.34. The number of hydrogen-bond acceptors (Lipinski definition) is 5. The maximum atomic E-state index is 14.6. The first-order valence-corrected chi connectivity index (χ1v) is 12.7. The Morgan fingerprint density at radius 2 is 2.08 bits per heavy atom. The van der Waals surface area contributed by atoms with E-state index >= 15 is 0 Å². The molecule has 3 heterocycles. The summed E-state index contributed by atoms with van der Waals surface area (Å²) in [5, 5.41) is 3.81. The molecule has 1 saturated heterocycles. The van der Waals surface area contributed by atoms with Gasteiger partial charge in [-0.15, -0.1) is 0 Å². The number of azide groups is 1. The highest BCUT2D eigenvalue weighted by Gasteiger charge is 2.30. The molecule has 0 spiro atoms. The van der Waals surface area contributed by atoms with Crippen molar-refractivity contribution < 1.29 is 4.39 Å². The molecule has 188 valence electrons. The van der Waals surface area contributed by atoms with Gasteiger partial charge in [-0.25, -0.2) is 4.39 Å². The van der Waals surface area contributed by atoms with Gasteiger partial charge in [-0.1, -0.05) is 5.11 Å². The topological polar surface area (TPSA) is 90.1 Å². The molecule has 1 aromatic carbocycles. The fraction of sp³-hybridized carbons (Fsp3) is 0.481. The quantitative estimate of drug-likeness (QED) is 0.231. The van der Waals surface area contributed by atoms with Crippen LogP contribution in [0.1, 0.15) is 56.8 Å². The maximum Gasteiger partial charge on any atom is 0.193 e. The zero-order valence-electron chi connectivity index (χ0n) is 21.1.